The molecule has 0 aromatic carbocycles. The van der Waals surface area contributed by atoms with Crippen molar-refractivity contribution in [1.82, 2.24) is 25.2 Å². The van der Waals surface area contributed by atoms with Crippen molar-refractivity contribution in [2.75, 3.05) is 20.1 Å². The molecule has 1 aliphatic carbocycles. The van der Waals surface area contributed by atoms with Gasteiger partial charge in [-0.3, -0.25) is 9.59 Å². The topological polar surface area (TPSA) is 106 Å². The molecule has 2 fully saturated rings. The molecule has 1 atom stereocenters. The highest BCUT2D eigenvalue weighted by atomic mass is 32.1. The summed E-state index contributed by atoms with van der Waals surface area (Å²) < 4.78 is 1.66. The van der Waals surface area contributed by atoms with Crippen molar-refractivity contribution >= 4 is 23.2 Å². The fourth-order valence-electron chi connectivity index (χ4n) is 5.20. The number of hydrogen-bond donors (Lipinski definition) is 2. The maximum Gasteiger partial charge on any atom is 0.252 e. The van der Waals surface area contributed by atoms with Gasteiger partial charge in [0, 0.05) is 18.5 Å². The van der Waals surface area contributed by atoms with Gasteiger partial charge in [0.1, 0.15) is 11.2 Å². The number of amides is 2. The number of nitrogens with two attached hydrogens (primary N) is 1. The number of aromatic nitrogens is 3. The van der Waals surface area contributed by atoms with Crippen LogP contribution in [-0.4, -0.2) is 51.8 Å². The first kappa shape index (κ1) is 22.9. The van der Waals surface area contributed by atoms with Crippen LogP contribution in [0, 0.1) is 11.8 Å². The van der Waals surface area contributed by atoms with E-state index < -0.39 is 11.1 Å². The largest absolute Gasteiger partial charge is 0.368 e. The molecular formula is C23H34N6O2S. The normalized spacial score (nSPS) is 25.7. The summed E-state index contributed by atoms with van der Waals surface area (Å²) in [6.45, 7) is 5.87. The molecule has 1 saturated heterocycles. The number of hydrogen-bond acceptors (Lipinski definition) is 6. The maximum atomic E-state index is 13.1. The zero-order chi connectivity index (χ0) is 22.9. The van der Waals surface area contributed by atoms with E-state index in [4.69, 9.17) is 5.73 Å². The molecule has 9 heteroatoms. The van der Waals surface area contributed by atoms with E-state index in [1.54, 1.807) is 4.68 Å². The number of thiophene rings is 1. The van der Waals surface area contributed by atoms with Crippen molar-refractivity contribution in [3.63, 3.8) is 0 Å². The summed E-state index contributed by atoms with van der Waals surface area (Å²) in [5.41, 5.74) is 5.68. The molecule has 8 nitrogen and oxygen atoms in total. The lowest BCUT2D eigenvalue weighted by atomic mass is 9.71. The van der Waals surface area contributed by atoms with E-state index in [-0.39, 0.29) is 17.7 Å². The van der Waals surface area contributed by atoms with Crippen LogP contribution < -0.4 is 11.1 Å². The van der Waals surface area contributed by atoms with E-state index in [1.165, 1.54) is 11.3 Å². The van der Waals surface area contributed by atoms with Gasteiger partial charge in [-0.05, 0) is 62.9 Å². The van der Waals surface area contributed by atoms with E-state index in [1.807, 2.05) is 30.1 Å². The molecule has 2 amide bonds. The number of likely N-dealkylation sites (tertiary alicyclic amines) is 1. The van der Waals surface area contributed by atoms with Crippen molar-refractivity contribution in [1.29, 1.82) is 0 Å². The Hall–Kier alpha value is -2.26. The molecule has 1 saturated carbocycles. The third kappa shape index (κ3) is 4.20. The van der Waals surface area contributed by atoms with Crippen molar-refractivity contribution in [3.8, 4) is 0 Å². The van der Waals surface area contributed by atoms with Crippen LogP contribution in [0.25, 0.3) is 0 Å². The number of rotatable bonds is 6. The second-order valence-electron chi connectivity index (χ2n) is 9.87. The van der Waals surface area contributed by atoms with Gasteiger partial charge in [0.05, 0.1) is 17.3 Å². The van der Waals surface area contributed by atoms with E-state index in [0.717, 1.165) is 38.8 Å². The van der Waals surface area contributed by atoms with Crippen molar-refractivity contribution in [3.05, 3.63) is 34.3 Å². The lowest BCUT2D eigenvalue weighted by molar-refractivity contribution is -0.129. The van der Waals surface area contributed by atoms with Crippen LogP contribution in [-0.2, 0) is 15.9 Å². The van der Waals surface area contributed by atoms with Gasteiger partial charge < -0.3 is 16.0 Å². The summed E-state index contributed by atoms with van der Waals surface area (Å²) in [5, 5.41) is 16.0. The second-order valence-corrected chi connectivity index (χ2v) is 10.7. The van der Waals surface area contributed by atoms with Crippen LogP contribution in [0.15, 0.2) is 23.0 Å². The molecule has 0 spiro atoms. The lowest BCUT2D eigenvalue weighted by Gasteiger charge is -2.41. The third-order valence-electron chi connectivity index (χ3n) is 7.73. The molecule has 32 heavy (non-hydrogen) atoms. The Bertz CT molecular complexity index is 942. The minimum absolute atomic E-state index is 0.106. The van der Waals surface area contributed by atoms with Crippen molar-refractivity contribution in [2.24, 2.45) is 17.6 Å². The zero-order valence-electron chi connectivity index (χ0n) is 19.2. The van der Waals surface area contributed by atoms with Gasteiger partial charge in [-0.25, -0.2) is 4.68 Å². The molecule has 174 valence electrons. The maximum absolute atomic E-state index is 13.1. The standard InChI is InChI=1S/C23H34N6O2S/c1-16-4-6-18(7-5-16)22(2,25-20(30)17-8-13-32-15-17)19-14-29(27-26-19)23(21(24)31)9-11-28(3)12-10-23/h8,13-16,18H,4-7,9-12H2,1-3H3,(H2,24,31)(H,25,30)/t16-,18-,22-/m0/s1. The van der Waals surface area contributed by atoms with E-state index >= 15 is 0 Å². The van der Waals surface area contributed by atoms with Crippen LogP contribution in [0.3, 0.4) is 0 Å². The summed E-state index contributed by atoms with van der Waals surface area (Å²) >= 11 is 1.50. The molecule has 0 bridgehead atoms. The minimum atomic E-state index is -0.878. The first-order chi connectivity index (χ1) is 15.2. The molecule has 3 N–H and O–H groups in total. The van der Waals surface area contributed by atoms with Crippen LogP contribution >= 0.6 is 11.3 Å². The van der Waals surface area contributed by atoms with Gasteiger partial charge in [-0.1, -0.05) is 25.0 Å². The second kappa shape index (κ2) is 8.94. The predicted octanol–water partition coefficient (Wildman–Crippen LogP) is 2.72. The Morgan fingerprint density at radius 1 is 1.25 bits per heavy atom. The summed E-state index contributed by atoms with van der Waals surface area (Å²) in [4.78, 5) is 27.8. The van der Waals surface area contributed by atoms with Crippen LogP contribution in [0.2, 0.25) is 0 Å². The summed E-state index contributed by atoms with van der Waals surface area (Å²) in [6.07, 6.45) is 7.32. The highest BCUT2D eigenvalue weighted by molar-refractivity contribution is 7.08. The smallest absolute Gasteiger partial charge is 0.252 e. The Labute approximate surface area is 193 Å². The van der Waals surface area contributed by atoms with Crippen molar-refractivity contribution in [2.45, 2.75) is 63.5 Å². The highest BCUT2D eigenvalue weighted by Crippen LogP contribution is 2.41. The summed E-state index contributed by atoms with van der Waals surface area (Å²) in [7, 11) is 2.04. The van der Waals surface area contributed by atoms with E-state index in [2.05, 4.69) is 34.4 Å². The number of carbonyl (C=O) groups excluding carboxylic acids is 2. The Kier molecular flexibility index (Phi) is 6.40. The fraction of sp³-hybridized carbons (Fsp3) is 0.652. The molecule has 1 aliphatic heterocycles. The zero-order valence-corrected chi connectivity index (χ0v) is 20.0. The van der Waals surface area contributed by atoms with Gasteiger partial charge in [0.2, 0.25) is 5.91 Å². The number of nitrogens with one attached hydrogen (secondary N) is 1. The monoisotopic (exact) mass is 458 g/mol. The Balaban J connectivity index is 1.68. The highest BCUT2D eigenvalue weighted by Gasteiger charge is 2.45. The quantitative estimate of drug-likeness (QED) is 0.692. The molecule has 2 aromatic rings. The molecule has 2 aromatic heterocycles. The average Bonchev–Trinajstić information content (AvgIpc) is 3.47. The molecule has 3 heterocycles. The third-order valence-corrected chi connectivity index (χ3v) is 8.41. The van der Waals surface area contributed by atoms with Gasteiger partial charge >= 0.3 is 0 Å². The van der Waals surface area contributed by atoms with Crippen LogP contribution in [0.4, 0.5) is 0 Å². The van der Waals surface area contributed by atoms with Gasteiger partial charge in [0.25, 0.3) is 5.91 Å². The molecule has 4 rings (SSSR count). The lowest BCUT2D eigenvalue weighted by Crippen LogP contribution is -2.53. The molecule has 0 unspecified atom stereocenters. The summed E-state index contributed by atoms with van der Waals surface area (Å²) in [6, 6.07) is 1.83. The van der Waals surface area contributed by atoms with E-state index in [0.29, 0.717) is 30.0 Å². The SMILES string of the molecule is CN1CCC(C(N)=O)(n2cc([C@@](C)(NC(=O)c3ccsc3)[C@H]3CC[C@H](C)CC3)nn2)CC1. The van der Waals surface area contributed by atoms with Crippen molar-refractivity contribution < 1.29 is 9.59 Å². The van der Waals surface area contributed by atoms with Crippen LogP contribution in [0.5, 0.6) is 0 Å². The summed E-state index contributed by atoms with van der Waals surface area (Å²) in [5.74, 6) is 0.452. The Morgan fingerprint density at radius 2 is 1.94 bits per heavy atom. The fourth-order valence-corrected chi connectivity index (χ4v) is 5.84. The van der Waals surface area contributed by atoms with Gasteiger partial charge in [-0.2, -0.15) is 11.3 Å². The predicted molar refractivity (Wildman–Crippen MR) is 124 cm³/mol. The van der Waals surface area contributed by atoms with Gasteiger partial charge in [0.15, 0.2) is 0 Å². The molecule has 2 aliphatic rings. The molecule has 0 radical (unpaired) electrons. The number of nitrogens with zero attached hydrogens (tertiary/aromatic N) is 4. The number of primary amides is 1. The van der Waals surface area contributed by atoms with Gasteiger partial charge in [-0.15, -0.1) is 5.10 Å². The van der Waals surface area contributed by atoms with E-state index in [9.17, 15) is 9.59 Å². The number of piperidine rings is 1. The number of carbonyl (C=O) groups is 2. The first-order valence-corrected chi connectivity index (χ1v) is 12.5. The minimum Gasteiger partial charge on any atom is -0.368 e. The Morgan fingerprint density at radius 3 is 2.53 bits per heavy atom. The molecular weight excluding hydrogens is 424 g/mol. The van der Waals surface area contributed by atoms with Crippen LogP contribution in [0.1, 0.15) is 68.4 Å². The average molecular weight is 459 g/mol. The first-order valence-electron chi connectivity index (χ1n) is 11.5.